The van der Waals surface area contributed by atoms with Gasteiger partial charge in [0.15, 0.2) is 4.99 Å². The van der Waals surface area contributed by atoms with Gasteiger partial charge >= 0.3 is 7.60 Å². The van der Waals surface area contributed by atoms with Crippen molar-refractivity contribution in [3.63, 3.8) is 0 Å². The summed E-state index contributed by atoms with van der Waals surface area (Å²) in [6.07, 6.45) is 6.86. The Labute approximate surface area is 162 Å². The van der Waals surface area contributed by atoms with Crippen molar-refractivity contribution in [3.05, 3.63) is 29.8 Å². The minimum atomic E-state index is -4.87. The van der Waals surface area contributed by atoms with E-state index in [1.165, 1.54) is 24.8 Å². The van der Waals surface area contributed by atoms with Gasteiger partial charge in [-0.3, -0.25) is 9.12 Å². The van der Waals surface area contributed by atoms with Crippen LogP contribution in [0.15, 0.2) is 24.3 Å². The smallest absolute Gasteiger partial charge is 0.346 e. The Hall–Kier alpha value is -0.920. The van der Waals surface area contributed by atoms with E-state index in [0.29, 0.717) is 19.4 Å². The van der Waals surface area contributed by atoms with E-state index >= 15 is 0 Å². The molecule has 0 spiro atoms. The van der Waals surface area contributed by atoms with Gasteiger partial charge in [0.25, 0.3) is 10.1 Å². The van der Waals surface area contributed by atoms with Crippen LogP contribution in [0.5, 0.6) is 5.75 Å². The van der Waals surface area contributed by atoms with Gasteiger partial charge in [0.2, 0.25) is 0 Å². The summed E-state index contributed by atoms with van der Waals surface area (Å²) in [5.41, 5.74) is 1.30. The lowest BCUT2D eigenvalue weighted by Gasteiger charge is -2.15. The maximum atomic E-state index is 11.1. The molecule has 9 heteroatoms. The number of ether oxygens (including phenoxy) is 1. The summed E-state index contributed by atoms with van der Waals surface area (Å²) in [6, 6.07) is 8.06. The van der Waals surface area contributed by atoms with Crippen LogP contribution in [0.25, 0.3) is 0 Å². The first-order valence-electron chi connectivity index (χ1n) is 9.38. The molecule has 0 aliphatic heterocycles. The van der Waals surface area contributed by atoms with Crippen LogP contribution in [-0.2, 0) is 21.1 Å². The molecule has 3 N–H and O–H groups in total. The van der Waals surface area contributed by atoms with E-state index in [4.69, 9.17) is 19.1 Å². The summed E-state index contributed by atoms with van der Waals surface area (Å²) in [5.74, 6) is 0.808. The molecule has 1 atom stereocenters. The zero-order valence-electron chi connectivity index (χ0n) is 15.8. The highest BCUT2D eigenvalue weighted by atomic mass is 32.2. The lowest BCUT2D eigenvalue weighted by molar-refractivity contribution is 0.304. The van der Waals surface area contributed by atoms with Gasteiger partial charge < -0.3 is 14.5 Å². The van der Waals surface area contributed by atoms with Gasteiger partial charge in [-0.15, -0.1) is 0 Å². The summed E-state index contributed by atoms with van der Waals surface area (Å²) in [5, 5.41) is 0. The molecule has 1 rings (SSSR count). The molecule has 0 amide bonds. The first-order valence-corrected chi connectivity index (χ1v) is 12.6. The van der Waals surface area contributed by atoms with Crippen molar-refractivity contribution in [2.24, 2.45) is 0 Å². The normalized spacial score (nSPS) is 13.5. The second-order valence-electron chi connectivity index (χ2n) is 6.71. The Bertz CT molecular complexity index is 682. The summed E-state index contributed by atoms with van der Waals surface area (Å²) in [6.45, 7) is 2.71. The SMILES string of the molecule is CCCCCc1ccc(OCCCCCCC(P(=O)(O)O)S(=O)(=O)O)cc1. The molecule has 0 aliphatic rings. The fraction of sp³-hybridized carbons (Fsp3) is 0.667. The van der Waals surface area contributed by atoms with E-state index in [9.17, 15) is 13.0 Å². The van der Waals surface area contributed by atoms with Crippen LogP contribution in [0.1, 0.15) is 63.9 Å². The second-order valence-corrected chi connectivity index (χ2v) is 10.5. The van der Waals surface area contributed by atoms with Crippen molar-refractivity contribution in [1.29, 1.82) is 0 Å². The quantitative estimate of drug-likeness (QED) is 0.234. The molecule has 0 saturated heterocycles. The molecule has 1 aromatic carbocycles. The highest BCUT2D eigenvalue weighted by Gasteiger charge is 2.38. The Balaban J connectivity index is 2.21. The lowest BCUT2D eigenvalue weighted by atomic mass is 10.1. The standard InChI is InChI=1S/C18H31O7PS/c1-2-3-6-9-16-11-13-17(14-12-16)25-15-8-5-4-7-10-18(26(19,20)21)27(22,23)24/h11-14,18H,2-10,15H2,1H3,(H2,19,20,21)(H,22,23,24). The molecule has 0 aromatic heterocycles. The highest BCUT2D eigenvalue weighted by Crippen LogP contribution is 2.46. The van der Waals surface area contributed by atoms with Crippen molar-refractivity contribution in [2.75, 3.05) is 6.61 Å². The van der Waals surface area contributed by atoms with Gasteiger partial charge in [-0.25, -0.2) is 0 Å². The van der Waals surface area contributed by atoms with Crippen molar-refractivity contribution < 1.29 is 32.1 Å². The first kappa shape index (κ1) is 24.1. The van der Waals surface area contributed by atoms with Crippen molar-refractivity contribution in [1.82, 2.24) is 0 Å². The molecule has 1 unspecified atom stereocenters. The second kappa shape index (κ2) is 11.8. The van der Waals surface area contributed by atoms with E-state index in [0.717, 1.165) is 25.0 Å². The Morgan fingerprint density at radius 2 is 1.63 bits per heavy atom. The number of aryl methyl sites for hydroxylation is 1. The fourth-order valence-corrected chi connectivity index (χ4v) is 5.16. The minimum Gasteiger partial charge on any atom is -0.494 e. The van der Waals surface area contributed by atoms with Crippen LogP contribution in [0.2, 0.25) is 0 Å². The molecule has 1 aromatic rings. The summed E-state index contributed by atoms with van der Waals surface area (Å²) >= 11 is 0. The molecular formula is C18H31O7PS. The maximum absolute atomic E-state index is 11.1. The monoisotopic (exact) mass is 422 g/mol. The first-order chi connectivity index (χ1) is 12.6. The van der Waals surface area contributed by atoms with Gasteiger partial charge in [0.1, 0.15) is 5.75 Å². The molecule has 0 aliphatic carbocycles. The predicted octanol–water partition coefficient (Wildman–Crippen LogP) is 4.14. The van der Waals surface area contributed by atoms with Crippen molar-refractivity contribution in [2.45, 2.75) is 69.7 Å². The van der Waals surface area contributed by atoms with Crippen LogP contribution in [0.4, 0.5) is 0 Å². The Morgan fingerprint density at radius 3 is 2.19 bits per heavy atom. The van der Waals surface area contributed by atoms with Gasteiger partial charge in [-0.05, 0) is 43.4 Å². The average molecular weight is 422 g/mol. The molecular weight excluding hydrogens is 391 g/mol. The maximum Gasteiger partial charge on any atom is 0.346 e. The third-order valence-electron chi connectivity index (χ3n) is 4.33. The topological polar surface area (TPSA) is 121 Å². The van der Waals surface area contributed by atoms with Crippen molar-refractivity contribution >= 4 is 17.7 Å². The predicted molar refractivity (Wildman–Crippen MR) is 106 cm³/mol. The van der Waals surface area contributed by atoms with E-state index in [1.54, 1.807) is 0 Å². The third kappa shape index (κ3) is 10.3. The molecule has 7 nitrogen and oxygen atoms in total. The van der Waals surface area contributed by atoms with Gasteiger partial charge in [0, 0.05) is 0 Å². The van der Waals surface area contributed by atoms with Crippen LogP contribution in [0.3, 0.4) is 0 Å². The minimum absolute atomic E-state index is 0.260. The lowest BCUT2D eigenvalue weighted by Crippen LogP contribution is -2.20. The van der Waals surface area contributed by atoms with E-state index in [1.807, 2.05) is 12.1 Å². The number of rotatable bonds is 14. The van der Waals surface area contributed by atoms with Crippen LogP contribution < -0.4 is 4.74 Å². The molecule has 0 radical (unpaired) electrons. The van der Waals surface area contributed by atoms with E-state index in [2.05, 4.69) is 19.1 Å². The zero-order chi connectivity index (χ0) is 20.3. The van der Waals surface area contributed by atoms with Gasteiger partial charge in [-0.1, -0.05) is 51.2 Å². The van der Waals surface area contributed by atoms with E-state index in [-0.39, 0.29) is 6.42 Å². The number of unbranched alkanes of at least 4 members (excludes halogenated alkanes) is 5. The summed E-state index contributed by atoms with van der Waals surface area (Å²) < 4.78 is 47.8. The summed E-state index contributed by atoms with van der Waals surface area (Å²) in [7, 11) is -9.63. The highest BCUT2D eigenvalue weighted by molar-refractivity contribution is 7.93. The molecule has 0 heterocycles. The number of hydrogen-bond donors (Lipinski definition) is 3. The molecule has 156 valence electrons. The van der Waals surface area contributed by atoms with Gasteiger partial charge in [0.05, 0.1) is 6.61 Å². The number of hydrogen-bond acceptors (Lipinski definition) is 4. The third-order valence-corrected chi connectivity index (χ3v) is 7.88. The molecule has 27 heavy (non-hydrogen) atoms. The number of benzene rings is 1. The largest absolute Gasteiger partial charge is 0.494 e. The van der Waals surface area contributed by atoms with Crippen LogP contribution in [0, 0.1) is 0 Å². The molecule has 0 saturated carbocycles. The average Bonchev–Trinajstić information content (AvgIpc) is 2.56. The Kier molecular flexibility index (Phi) is 10.6. The summed E-state index contributed by atoms with van der Waals surface area (Å²) in [4.78, 5) is 16.0. The molecule has 0 bridgehead atoms. The van der Waals surface area contributed by atoms with Crippen molar-refractivity contribution in [3.8, 4) is 5.75 Å². The Morgan fingerprint density at radius 1 is 1.00 bits per heavy atom. The zero-order valence-corrected chi connectivity index (χ0v) is 17.5. The van der Waals surface area contributed by atoms with Gasteiger partial charge in [-0.2, -0.15) is 8.42 Å². The van der Waals surface area contributed by atoms with E-state index < -0.39 is 22.7 Å². The molecule has 0 fully saturated rings. The van der Waals surface area contributed by atoms with Crippen LogP contribution in [-0.4, -0.2) is 34.4 Å². The fourth-order valence-electron chi connectivity index (χ4n) is 2.79. The van der Waals surface area contributed by atoms with Crippen LogP contribution >= 0.6 is 7.60 Å².